The minimum Gasteiger partial charge on any atom is -0.452 e. The summed E-state index contributed by atoms with van der Waals surface area (Å²) in [7, 11) is 1.47. The molecule has 0 bridgehead atoms. The van der Waals surface area contributed by atoms with Crippen LogP contribution in [-0.2, 0) is 19.1 Å². The van der Waals surface area contributed by atoms with E-state index in [2.05, 4.69) is 5.32 Å². The molecule has 0 unspecified atom stereocenters. The molecule has 0 radical (unpaired) electrons. The molecule has 2 aliphatic rings. The number of para-hydroxylation sites is 1. The SMILES string of the molecule is Cc1cc(C)cc(NC(=O)COC(=O)[C@]23CCC(=O)N2c2ccccc2C(=O)N3C)c1. The molecule has 1 fully saturated rings. The first-order valence-corrected chi connectivity index (χ1v) is 9.99. The molecule has 2 aromatic rings. The van der Waals surface area contributed by atoms with Crippen molar-refractivity contribution >= 4 is 35.1 Å². The van der Waals surface area contributed by atoms with Crippen LogP contribution in [0.25, 0.3) is 0 Å². The average Bonchev–Trinajstić information content (AvgIpc) is 3.08. The van der Waals surface area contributed by atoms with Crippen LogP contribution in [0.2, 0.25) is 0 Å². The third-order valence-corrected chi connectivity index (χ3v) is 5.71. The van der Waals surface area contributed by atoms with Crippen LogP contribution >= 0.6 is 0 Å². The Morgan fingerprint density at radius 3 is 2.48 bits per heavy atom. The largest absolute Gasteiger partial charge is 0.452 e. The van der Waals surface area contributed by atoms with Gasteiger partial charge in [0.05, 0.1) is 11.3 Å². The maximum absolute atomic E-state index is 13.2. The number of carbonyl (C=O) groups excluding carboxylic acids is 4. The highest BCUT2D eigenvalue weighted by Crippen LogP contribution is 2.44. The Hall–Kier alpha value is -3.68. The second-order valence-corrected chi connectivity index (χ2v) is 7.93. The number of hydrogen-bond donors (Lipinski definition) is 1. The second kappa shape index (κ2) is 7.54. The van der Waals surface area contributed by atoms with Gasteiger partial charge in [-0.1, -0.05) is 18.2 Å². The number of likely N-dealkylation sites (N-methyl/N-ethyl adjacent to an activating group) is 1. The zero-order valence-corrected chi connectivity index (χ0v) is 17.6. The first-order valence-electron chi connectivity index (χ1n) is 9.99. The molecule has 0 aromatic heterocycles. The molecule has 1 saturated heterocycles. The summed E-state index contributed by atoms with van der Waals surface area (Å²) in [6, 6.07) is 12.3. The van der Waals surface area contributed by atoms with Crippen LogP contribution in [0, 0.1) is 13.8 Å². The highest BCUT2D eigenvalue weighted by Gasteiger charge is 2.60. The van der Waals surface area contributed by atoms with Gasteiger partial charge in [0, 0.05) is 25.6 Å². The van der Waals surface area contributed by atoms with Crippen molar-refractivity contribution < 1.29 is 23.9 Å². The minimum atomic E-state index is -1.59. The molecular formula is C23H23N3O5. The maximum atomic E-state index is 13.2. The monoisotopic (exact) mass is 421 g/mol. The predicted octanol–water partition coefficient (Wildman–Crippen LogP) is 2.39. The molecule has 1 N–H and O–H groups in total. The number of fused-ring (bicyclic) bond motifs is 3. The summed E-state index contributed by atoms with van der Waals surface area (Å²) < 4.78 is 5.32. The molecule has 2 aromatic carbocycles. The Bertz CT molecular complexity index is 1090. The number of esters is 1. The van der Waals surface area contributed by atoms with Crippen molar-refractivity contribution in [3.63, 3.8) is 0 Å². The number of nitrogens with zero attached hydrogens (tertiary/aromatic N) is 2. The molecule has 8 nitrogen and oxygen atoms in total. The van der Waals surface area contributed by atoms with Crippen molar-refractivity contribution in [1.82, 2.24) is 4.90 Å². The Morgan fingerprint density at radius 1 is 1.10 bits per heavy atom. The number of anilines is 2. The summed E-state index contributed by atoms with van der Waals surface area (Å²) in [6.45, 7) is 3.31. The quantitative estimate of drug-likeness (QED) is 0.765. The molecule has 0 aliphatic carbocycles. The van der Waals surface area contributed by atoms with E-state index in [1.807, 2.05) is 32.0 Å². The first-order chi connectivity index (χ1) is 14.7. The number of rotatable bonds is 4. The average molecular weight is 421 g/mol. The van der Waals surface area contributed by atoms with Crippen molar-refractivity contribution in [2.24, 2.45) is 0 Å². The van der Waals surface area contributed by atoms with E-state index in [0.29, 0.717) is 16.9 Å². The molecule has 0 saturated carbocycles. The number of hydrogen-bond acceptors (Lipinski definition) is 5. The summed E-state index contributed by atoms with van der Waals surface area (Å²) in [6.07, 6.45) is 0.190. The fraction of sp³-hybridized carbons (Fsp3) is 0.304. The summed E-state index contributed by atoms with van der Waals surface area (Å²) in [4.78, 5) is 53.7. The molecule has 4 rings (SSSR count). The van der Waals surface area contributed by atoms with Gasteiger partial charge in [0.2, 0.25) is 11.6 Å². The lowest BCUT2D eigenvalue weighted by Crippen LogP contribution is -2.67. The van der Waals surface area contributed by atoms with Gasteiger partial charge in [-0.2, -0.15) is 0 Å². The van der Waals surface area contributed by atoms with E-state index < -0.39 is 24.1 Å². The van der Waals surface area contributed by atoms with Gasteiger partial charge < -0.3 is 15.0 Å². The van der Waals surface area contributed by atoms with Gasteiger partial charge >= 0.3 is 5.97 Å². The Kier molecular flexibility index (Phi) is 5.00. The fourth-order valence-electron chi connectivity index (χ4n) is 4.38. The molecular weight excluding hydrogens is 398 g/mol. The highest BCUT2D eigenvalue weighted by molar-refractivity contribution is 6.15. The van der Waals surface area contributed by atoms with Crippen molar-refractivity contribution in [2.45, 2.75) is 32.4 Å². The van der Waals surface area contributed by atoms with E-state index in [-0.39, 0.29) is 24.7 Å². The summed E-state index contributed by atoms with van der Waals surface area (Å²) in [5.41, 5.74) is 1.72. The van der Waals surface area contributed by atoms with E-state index in [0.717, 1.165) is 11.1 Å². The Labute approximate surface area is 179 Å². The zero-order valence-electron chi connectivity index (χ0n) is 17.6. The number of ether oxygens (including phenoxy) is 1. The van der Waals surface area contributed by atoms with Crippen molar-refractivity contribution in [3.05, 3.63) is 59.2 Å². The lowest BCUT2D eigenvalue weighted by atomic mass is 9.97. The van der Waals surface area contributed by atoms with Crippen molar-refractivity contribution in [2.75, 3.05) is 23.9 Å². The van der Waals surface area contributed by atoms with E-state index >= 15 is 0 Å². The first kappa shape index (κ1) is 20.6. The van der Waals surface area contributed by atoms with Gasteiger partial charge in [0.1, 0.15) is 0 Å². The van der Waals surface area contributed by atoms with E-state index in [1.54, 1.807) is 24.3 Å². The molecule has 2 heterocycles. The smallest absolute Gasteiger partial charge is 0.354 e. The highest BCUT2D eigenvalue weighted by atomic mass is 16.5. The van der Waals surface area contributed by atoms with Crippen LogP contribution in [0.1, 0.15) is 34.3 Å². The molecule has 8 heteroatoms. The van der Waals surface area contributed by atoms with Gasteiger partial charge in [-0.05, 0) is 49.2 Å². The number of aryl methyl sites for hydroxylation is 2. The summed E-state index contributed by atoms with van der Waals surface area (Å²) in [5, 5.41) is 2.71. The van der Waals surface area contributed by atoms with Crippen LogP contribution in [0.5, 0.6) is 0 Å². The molecule has 160 valence electrons. The van der Waals surface area contributed by atoms with Crippen LogP contribution in [0.4, 0.5) is 11.4 Å². The number of carbonyl (C=O) groups is 4. The molecule has 3 amide bonds. The van der Waals surface area contributed by atoms with Crippen LogP contribution in [0.15, 0.2) is 42.5 Å². The number of nitrogens with one attached hydrogen (secondary N) is 1. The van der Waals surface area contributed by atoms with Crippen LogP contribution in [0.3, 0.4) is 0 Å². The minimum absolute atomic E-state index is 0.0931. The number of amides is 3. The normalized spacial score (nSPS) is 19.7. The maximum Gasteiger partial charge on any atom is 0.354 e. The number of benzene rings is 2. The summed E-state index contributed by atoms with van der Waals surface area (Å²) >= 11 is 0. The van der Waals surface area contributed by atoms with Gasteiger partial charge in [-0.3, -0.25) is 19.3 Å². The molecule has 31 heavy (non-hydrogen) atoms. The summed E-state index contributed by atoms with van der Waals surface area (Å²) in [5.74, 6) is -1.96. The Balaban J connectivity index is 1.55. The Morgan fingerprint density at radius 2 is 1.77 bits per heavy atom. The van der Waals surface area contributed by atoms with Crippen LogP contribution < -0.4 is 10.2 Å². The molecule has 1 atom stereocenters. The lowest BCUT2D eigenvalue weighted by Gasteiger charge is -2.46. The molecule has 0 spiro atoms. The van der Waals surface area contributed by atoms with Gasteiger partial charge in [-0.25, -0.2) is 4.79 Å². The second-order valence-electron chi connectivity index (χ2n) is 7.93. The standard InChI is InChI=1S/C23H23N3O5/c1-14-10-15(2)12-16(11-14)24-19(27)13-31-22(30)23-9-8-20(28)26(23)18-7-5-4-6-17(18)21(29)25(23)3/h4-7,10-12H,8-9,13H2,1-3H3,(H,24,27)/t23-/m0/s1. The topological polar surface area (TPSA) is 96.0 Å². The third-order valence-electron chi connectivity index (χ3n) is 5.71. The van der Waals surface area contributed by atoms with Gasteiger partial charge in [-0.15, -0.1) is 0 Å². The van der Waals surface area contributed by atoms with Gasteiger partial charge in [0.15, 0.2) is 6.61 Å². The van der Waals surface area contributed by atoms with E-state index in [1.165, 1.54) is 16.8 Å². The lowest BCUT2D eigenvalue weighted by molar-refractivity contribution is -0.158. The van der Waals surface area contributed by atoms with Crippen LogP contribution in [-0.4, -0.2) is 47.9 Å². The molecule has 2 aliphatic heterocycles. The fourth-order valence-corrected chi connectivity index (χ4v) is 4.38. The van der Waals surface area contributed by atoms with Crippen molar-refractivity contribution in [1.29, 1.82) is 0 Å². The predicted molar refractivity (Wildman–Crippen MR) is 113 cm³/mol. The van der Waals surface area contributed by atoms with E-state index in [4.69, 9.17) is 4.74 Å². The van der Waals surface area contributed by atoms with E-state index in [9.17, 15) is 19.2 Å². The zero-order chi connectivity index (χ0) is 22.3. The van der Waals surface area contributed by atoms with Gasteiger partial charge in [0.25, 0.3) is 11.8 Å². The third kappa shape index (κ3) is 3.34. The van der Waals surface area contributed by atoms with Crippen molar-refractivity contribution in [3.8, 4) is 0 Å².